The van der Waals surface area contributed by atoms with Gasteiger partial charge in [-0.1, -0.05) is 30.3 Å². The fourth-order valence-electron chi connectivity index (χ4n) is 2.01. The van der Waals surface area contributed by atoms with Crippen molar-refractivity contribution in [3.63, 3.8) is 0 Å². The summed E-state index contributed by atoms with van der Waals surface area (Å²) in [5.41, 5.74) is 0.327. The Morgan fingerprint density at radius 2 is 1.77 bits per heavy atom. The molecule has 7 nitrogen and oxygen atoms in total. The lowest BCUT2D eigenvalue weighted by molar-refractivity contribution is 0.0588. The standard InChI is InChI=1S/C19H22N2O5/c1-19(2,3)26-18(23)21-16-15(11-10-14(20-16)17(22)24-4)25-12-13-8-6-5-7-9-13/h5-11H,12H2,1-4H3,(H,20,21,23). The van der Waals surface area contributed by atoms with Gasteiger partial charge in [-0.3, -0.25) is 5.32 Å². The number of hydrogen-bond acceptors (Lipinski definition) is 6. The highest BCUT2D eigenvalue weighted by molar-refractivity contribution is 5.90. The highest BCUT2D eigenvalue weighted by Gasteiger charge is 2.20. The number of esters is 1. The van der Waals surface area contributed by atoms with Crippen molar-refractivity contribution in [2.45, 2.75) is 33.0 Å². The Bertz CT molecular complexity index is 769. The third-order valence-corrected chi connectivity index (χ3v) is 3.11. The second-order valence-corrected chi connectivity index (χ2v) is 6.44. The normalized spacial score (nSPS) is 10.8. The van der Waals surface area contributed by atoms with E-state index in [-0.39, 0.29) is 18.1 Å². The average molecular weight is 358 g/mol. The van der Waals surface area contributed by atoms with E-state index in [0.29, 0.717) is 5.75 Å². The van der Waals surface area contributed by atoms with Crippen LogP contribution in [0.1, 0.15) is 36.8 Å². The summed E-state index contributed by atoms with van der Waals surface area (Å²) in [7, 11) is 1.25. The van der Waals surface area contributed by atoms with Gasteiger partial charge >= 0.3 is 12.1 Å². The molecule has 0 radical (unpaired) electrons. The number of nitrogens with one attached hydrogen (secondary N) is 1. The van der Waals surface area contributed by atoms with Crippen LogP contribution in [0.2, 0.25) is 0 Å². The van der Waals surface area contributed by atoms with Crippen molar-refractivity contribution in [2.24, 2.45) is 0 Å². The summed E-state index contributed by atoms with van der Waals surface area (Å²) in [6, 6.07) is 12.6. The van der Waals surface area contributed by atoms with Crippen LogP contribution in [0.25, 0.3) is 0 Å². The quantitative estimate of drug-likeness (QED) is 0.818. The first-order valence-corrected chi connectivity index (χ1v) is 8.04. The maximum atomic E-state index is 12.1. The number of benzene rings is 1. The van der Waals surface area contributed by atoms with Gasteiger partial charge in [0.05, 0.1) is 7.11 Å². The zero-order valence-corrected chi connectivity index (χ0v) is 15.2. The van der Waals surface area contributed by atoms with E-state index in [1.54, 1.807) is 26.8 Å². The Morgan fingerprint density at radius 3 is 2.38 bits per heavy atom. The predicted molar refractivity (Wildman–Crippen MR) is 96.2 cm³/mol. The fourth-order valence-corrected chi connectivity index (χ4v) is 2.01. The molecule has 0 spiro atoms. The lowest BCUT2D eigenvalue weighted by atomic mass is 10.2. The largest absolute Gasteiger partial charge is 0.485 e. The van der Waals surface area contributed by atoms with Gasteiger partial charge < -0.3 is 14.2 Å². The summed E-state index contributed by atoms with van der Waals surface area (Å²) < 4.78 is 15.6. The molecule has 0 aliphatic carbocycles. The first-order valence-electron chi connectivity index (χ1n) is 8.04. The van der Waals surface area contributed by atoms with Crippen LogP contribution in [0.3, 0.4) is 0 Å². The third-order valence-electron chi connectivity index (χ3n) is 3.11. The SMILES string of the molecule is COC(=O)c1ccc(OCc2ccccc2)c(NC(=O)OC(C)(C)C)n1. The van der Waals surface area contributed by atoms with Gasteiger partial charge in [0, 0.05) is 0 Å². The van der Waals surface area contributed by atoms with Crippen molar-refractivity contribution in [1.82, 2.24) is 4.98 Å². The van der Waals surface area contributed by atoms with Gasteiger partial charge in [0.1, 0.15) is 12.2 Å². The number of nitrogens with zero attached hydrogens (tertiary/aromatic N) is 1. The van der Waals surface area contributed by atoms with Gasteiger partial charge in [-0.25, -0.2) is 14.6 Å². The number of carbonyl (C=O) groups is 2. The van der Waals surface area contributed by atoms with Crippen LogP contribution < -0.4 is 10.1 Å². The van der Waals surface area contributed by atoms with E-state index in [4.69, 9.17) is 9.47 Å². The molecule has 0 aliphatic heterocycles. The van der Waals surface area contributed by atoms with E-state index < -0.39 is 17.7 Å². The zero-order valence-electron chi connectivity index (χ0n) is 15.2. The Hall–Kier alpha value is -3.09. The lowest BCUT2D eigenvalue weighted by Crippen LogP contribution is -2.27. The van der Waals surface area contributed by atoms with Gasteiger partial charge in [-0.2, -0.15) is 0 Å². The molecule has 0 saturated heterocycles. The third kappa shape index (κ3) is 5.77. The number of carbonyl (C=O) groups excluding carboxylic acids is 2. The number of anilines is 1. The summed E-state index contributed by atoms with van der Waals surface area (Å²) in [4.78, 5) is 27.9. The lowest BCUT2D eigenvalue weighted by Gasteiger charge is -2.20. The van der Waals surface area contributed by atoms with Gasteiger partial charge in [0.2, 0.25) is 0 Å². The molecule has 2 rings (SSSR count). The van der Waals surface area contributed by atoms with Crippen LogP contribution in [0.4, 0.5) is 10.6 Å². The van der Waals surface area contributed by atoms with Crippen molar-refractivity contribution >= 4 is 17.9 Å². The Labute approximate surface area is 152 Å². The molecule has 1 aromatic carbocycles. The van der Waals surface area contributed by atoms with Crippen molar-refractivity contribution in [2.75, 3.05) is 12.4 Å². The fraction of sp³-hybridized carbons (Fsp3) is 0.316. The summed E-state index contributed by atoms with van der Waals surface area (Å²) in [5, 5.41) is 2.52. The van der Waals surface area contributed by atoms with Crippen LogP contribution in [0.15, 0.2) is 42.5 Å². The van der Waals surface area contributed by atoms with Crippen LogP contribution in [-0.2, 0) is 16.1 Å². The first kappa shape index (κ1) is 19.2. The molecule has 1 aromatic heterocycles. The molecule has 138 valence electrons. The van der Waals surface area contributed by atoms with Gasteiger partial charge in [-0.15, -0.1) is 0 Å². The second kappa shape index (κ2) is 8.33. The molecule has 1 N–H and O–H groups in total. The molecule has 1 amide bonds. The number of rotatable bonds is 5. The van der Waals surface area contributed by atoms with Gasteiger partial charge in [-0.05, 0) is 38.5 Å². The average Bonchev–Trinajstić information content (AvgIpc) is 2.59. The van der Waals surface area contributed by atoms with Crippen LogP contribution >= 0.6 is 0 Å². The van der Waals surface area contributed by atoms with Gasteiger partial charge in [0.15, 0.2) is 17.3 Å². The molecule has 0 fully saturated rings. The van der Waals surface area contributed by atoms with E-state index in [1.807, 2.05) is 30.3 Å². The summed E-state index contributed by atoms with van der Waals surface area (Å²) in [6.45, 7) is 5.52. The molecule has 26 heavy (non-hydrogen) atoms. The highest BCUT2D eigenvalue weighted by atomic mass is 16.6. The molecule has 0 unspecified atom stereocenters. The molecule has 0 aliphatic rings. The number of pyridine rings is 1. The van der Waals surface area contributed by atoms with Crippen LogP contribution in [0, 0.1) is 0 Å². The van der Waals surface area contributed by atoms with Crippen molar-refractivity contribution < 1.29 is 23.8 Å². The molecule has 1 heterocycles. The Kier molecular flexibility index (Phi) is 6.16. The molecule has 0 atom stereocenters. The molecule has 7 heteroatoms. The second-order valence-electron chi connectivity index (χ2n) is 6.44. The van der Waals surface area contributed by atoms with E-state index in [9.17, 15) is 9.59 Å². The Morgan fingerprint density at radius 1 is 1.08 bits per heavy atom. The maximum absolute atomic E-state index is 12.1. The van der Waals surface area contributed by atoms with Crippen LogP contribution in [-0.4, -0.2) is 29.8 Å². The Balaban J connectivity index is 2.22. The number of hydrogen-bond donors (Lipinski definition) is 1. The number of aromatic nitrogens is 1. The molecule has 0 saturated carbocycles. The van der Waals surface area contributed by atoms with E-state index in [0.717, 1.165) is 5.56 Å². The molecular weight excluding hydrogens is 336 g/mol. The number of ether oxygens (including phenoxy) is 3. The number of methoxy groups -OCH3 is 1. The zero-order chi connectivity index (χ0) is 19.2. The minimum Gasteiger partial charge on any atom is -0.485 e. The van der Waals surface area contributed by atoms with Crippen molar-refractivity contribution in [1.29, 1.82) is 0 Å². The van der Waals surface area contributed by atoms with Gasteiger partial charge in [0.25, 0.3) is 0 Å². The number of amides is 1. The predicted octanol–water partition coefficient (Wildman–Crippen LogP) is 3.79. The van der Waals surface area contributed by atoms with Crippen LogP contribution in [0.5, 0.6) is 5.75 Å². The van der Waals surface area contributed by atoms with E-state index in [1.165, 1.54) is 13.2 Å². The minimum atomic E-state index is -0.698. The summed E-state index contributed by atoms with van der Waals surface area (Å²) in [5.74, 6) is -0.225. The van der Waals surface area contributed by atoms with E-state index >= 15 is 0 Å². The first-order chi connectivity index (χ1) is 12.3. The summed E-state index contributed by atoms with van der Waals surface area (Å²) in [6.07, 6.45) is -0.698. The van der Waals surface area contributed by atoms with Crippen molar-refractivity contribution in [3.05, 3.63) is 53.7 Å². The molecule has 2 aromatic rings. The molecular formula is C19H22N2O5. The van der Waals surface area contributed by atoms with Crippen molar-refractivity contribution in [3.8, 4) is 5.75 Å². The van der Waals surface area contributed by atoms with E-state index in [2.05, 4.69) is 15.0 Å². The molecule has 0 bridgehead atoms. The summed E-state index contributed by atoms with van der Waals surface area (Å²) >= 11 is 0. The maximum Gasteiger partial charge on any atom is 0.413 e. The highest BCUT2D eigenvalue weighted by Crippen LogP contribution is 2.25. The topological polar surface area (TPSA) is 86.8 Å². The monoisotopic (exact) mass is 358 g/mol. The minimum absolute atomic E-state index is 0.0469. The smallest absolute Gasteiger partial charge is 0.413 e.